The monoisotopic (exact) mass is 377 g/mol. The topological polar surface area (TPSA) is 113 Å². The number of carbonyl (C=O) groups is 1. The minimum Gasteiger partial charge on any atom is -0.465 e. The summed E-state index contributed by atoms with van der Waals surface area (Å²) in [7, 11) is 0. The Morgan fingerprint density at radius 3 is 2.85 bits per heavy atom. The van der Waals surface area contributed by atoms with Gasteiger partial charge in [-0.05, 0) is 30.9 Å². The van der Waals surface area contributed by atoms with Crippen LogP contribution in [-0.4, -0.2) is 30.9 Å². The number of hydrogen-bond donors (Lipinski definition) is 3. The number of nitrogens with one attached hydrogen (secondary N) is 2. The van der Waals surface area contributed by atoms with Gasteiger partial charge in [-0.3, -0.25) is 14.5 Å². The molecule has 2 heterocycles. The van der Waals surface area contributed by atoms with Crippen molar-refractivity contribution in [2.45, 2.75) is 18.9 Å². The lowest BCUT2D eigenvalue weighted by molar-refractivity contribution is 0.187. The number of fused-ring (bicyclic) bond motifs is 1. The molecule has 0 aliphatic heterocycles. The summed E-state index contributed by atoms with van der Waals surface area (Å²) in [5.74, 6) is -0.439. The summed E-state index contributed by atoms with van der Waals surface area (Å²) < 4.78 is 15.0. The van der Waals surface area contributed by atoms with Crippen molar-refractivity contribution in [2.75, 3.05) is 0 Å². The van der Waals surface area contributed by atoms with Crippen molar-refractivity contribution in [1.29, 1.82) is 0 Å². The quantitative estimate of drug-likeness (QED) is 0.646. The average molecular weight is 378 g/mol. The number of H-pyrrole nitrogens is 1. The third-order valence-corrected chi connectivity index (χ3v) is 4.60. The zero-order valence-electron chi connectivity index (χ0n) is 13.2. The van der Waals surface area contributed by atoms with E-state index in [1.54, 1.807) is 0 Å². The zero-order valence-corrected chi connectivity index (χ0v) is 14.0. The predicted octanol–water partition coefficient (Wildman–Crippen LogP) is 2.62. The molecule has 0 spiro atoms. The molecular formula is C16H13ClFN5O3. The second-order valence-electron chi connectivity index (χ2n) is 6.12. The fourth-order valence-corrected chi connectivity index (χ4v) is 3.26. The summed E-state index contributed by atoms with van der Waals surface area (Å²) in [5.41, 5.74) is -0.0473. The molecule has 134 valence electrons. The van der Waals surface area contributed by atoms with Crippen molar-refractivity contribution in [2.24, 2.45) is 5.92 Å². The molecule has 4 rings (SSSR count). The number of halogens is 2. The molecule has 0 saturated heterocycles. The van der Waals surface area contributed by atoms with E-state index in [9.17, 15) is 19.1 Å². The maximum absolute atomic E-state index is 13.8. The highest BCUT2D eigenvalue weighted by Gasteiger charge is 2.37. The van der Waals surface area contributed by atoms with Crippen molar-refractivity contribution in [3.63, 3.8) is 0 Å². The third kappa shape index (κ3) is 2.80. The van der Waals surface area contributed by atoms with Crippen LogP contribution in [0.5, 0.6) is 0 Å². The fraction of sp³-hybridized carbons (Fsp3) is 0.250. The lowest BCUT2D eigenvalue weighted by atomic mass is 10.1. The second-order valence-corrected chi connectivity index (χ2v) is 6.52. The van der Waals surface area contributed by atoms with Gasteiger partial charge in [-0.2, -0.15) is 5.10 Å². The van der Waals surface area contributed by atoms with E-state index in [1.165, 1.54) is 17.0 Å². The average Bonchev–Trinajstić information content (AvgIpc) is 3.28. The van der Waals surface area contributed by atoms with Crippen LogP contribution in [0, 0.1) is 11.7 Å². The molecule has 1 unspecified atom stereocenters. The Labute approximate surface area is 150 Å². The maximum Gasteiger partial charge on any atom is 0.405 e. The Balaban J connectivity index is 2.05. The van der Waals surface area contributed by atoms with Crippen LogP contribution in [-0.2, 0) is 0 Å². The lowest BCUT2D eigenvalue weighted by Gasteiger charge is -2.20. The number of benzene rings is 1. The van der Waals surface area contributed by atoms with Gasteiger partial charge in [0.1, 0.15) is 11.6 Å². The molecule has 2 aromatic heterocycles. The first-order valence-corrected chi connectivity index (χ1v) is 8.24. The Morgan fingerprint density at radius 1 is 1.46 bits per heavy atom. The summed E-state index contributed by atoms with van der Waals surface area (Å²) >= 11 is 6.08. The molecule has 1 aliphatic carbocycles. The molecule has 8 nitrogen and oxygen atoms in total. The number of aromatic nitrogens is 4. The molecule has 1 amide bonds. The molecular weight excluding hydrogens is 365 g/mol. The third-order valence-electron chi connectivity index (χ3n) is 4.31. The van der Waals surface area contributed by atoms with Gasteiger partial charge in [0.05, 0.1) is 33.9 Å². The molecule has 1 saturated carbocycles. The second kappa shape index (κ2) is 6.10. The summed E-state index contributed by atoms with van der Waals surface area (Å²) in [6.07, 6.45) is 3.27. The van der Waals surface area contributed by atoms with Gasteiger partial charge in [0, 0.05) is 6.20 Å². The molecule has 3 aromatic rings. The molecule has 1 aliphatic rings. The van der Waals surface area contributed by atoms with Crippen LogP contribution < -0.4 is 10.9 Å². The SMILES string of the molecule is O=C(O)NC(c1nc2c(Cl)cc(F)cc2c(=O)n1-c1cn[nH]c1)C1CC1. The number of carboxylic acid groups (broad SMARTS) is 1. The molecule has 26 heavy (non-hydrogen) atoms. The van der Waals surface area contributed by atoms with Crippen LogP contribution >= 0.6 is 11.6 Å². The lowest BCUT2D eigenvalue weighted by Crippen LogP contribution is -2.35. The van der Waals surface area contributed by atoms with Crippen molar-refractivity contribution in [3.05, 3.63) is 51.5 Å². The Bertz CT molecular complexity index is 1060. The first-order chi connectivity index (χ1) is 12.5. The van der Waals surface area contributed by atoms with Crippen molar-refractivity contribution in [3.8, 4) is 5.69 Å². The van der Waals surface area contributed by atoms with Crippen LogP contribution in [0.25, 0.3) is 16.6 Å². The number of hydrogen-bond acceptors (Lipinski definition) is 4. The van der Waals surface area contributed by atoms with Gasteiger partial charge in [0.25, 0.3) is 5.56 Å². The van der Waals surface area contributed by atoms with Crippen LogP contribution in [0.4, 0.5) is 9.18 Å². The minimum atomic E-state index is -1.22. The highest BCUT2D eigenvalue weighted by atomic mass is 35.5. The maximum atomic E-state index is 13.8. The minimum absolute atomic E-state index is 0.00446. The predicted molar refractivity (Wildman–Crippen MR) is 91.1 cm³/mol. The van der Waals surface area contributed by atoms with E-state index >= 15 is 0 Å². The van der Waals surface area contributed by atoms with Gasteiger partial charge in [-0.25, -0.2) is 14.2 Å². The fourth-order valence-electron chi connectivity index (χ4n) is 3.01. The number of rotatable bonds is 4. The van der Waals surface area contributed by atoms with Gasteiger partial charge >= 0.3 is 6.09 Å². The first-order valence-electron chi connectivity index (χ1n) is 7.86. The molecule has 1 aromatic carbocycles. The van der Waals surface area contributed by atoms with E-state index < -0.39 is 23.5 Å². The molecule has 1 atom stereocenters. The Kier molecular flexibility index (Phi) is 3.87. The van der Waals surface area contributed by atoms with Gasteiger partial charge < -0.3 is 10.4 Å². The normalized spacial score (nSPS) is 15.2. The van der Waals surface area contributed by atoms with Crippen LogP contribution in [0.15, 0.2) is 29.3 Å². The first kappa shape index (κ1) is 16.5. The zero-order chi connectivity index (χ0) is 18.4. The van der Waals surface area contributed by atoms with Crippen molar-refractivity contribution in [1.82, 2.24) is 25.1 Å². The van der Waals surface area contributed by atoms with Gasteiger partial charge in [0.15, 0.2) is 0 Å². The van der Waals surface area contributed by atoms with Crippen molar-refractivity contribution < 1.29 is 14.3 Å². The summed E-state index contributed by atoms with van der Waals surface area (Å²) in [4.78, 5) is 28.8. The highest BCUT2D eigenvalue weighted by molar-refractivity contribution is 6.35. The molecule has 1 fully saturated rings. The smallest absolute Gasteiger partial charge is 0.405 e. The Hall–Kier alpha value is -2.94. The number of amides is 1. The van der Waals surface area contributed by atoms with Crippen LogP contribution in [0.2, 0.25) is 5.02 Å². The largest absolute Gasteiger partial charge is 0.465 e. The summed E-state index contributed by atoms with van der Waals surface area (Å²) in [5, 5.41) is 18.1. The van der Waals surface area contributed by atoms with Gasteiger partial charge in [0.2, 0.25) is 0 Å². The Morgan fingerprint density at radius 2 is 2.23 bits per heavy atom. The van der Waals surface area contributed by atoms with Crippen LogP contribution in [0.3, 0.4) is 0 Å². The number of aromatic amines is 1. The molecule has 10 heteroatoms. The standard InChI is InChI=1S/C16H13ClFN5O3/c17-11-4-8(18)3-10-13(11)21-14(12(7-1-2-7)22-16(25)26)23(15(10)24)9-5-19-20-6-9/h3-7,12,22H,1-2H2,(H,19,20)(H,25,26). The van der Waals surface area contributed by atoms with Crippen molar-refractivity contribution >= 4 is 28.6 Å². The van der Waals surface area contributed by atoms with E-state index in [0.29, 0.717) is 5.69 Å². The molecule has 0 bridgehead atoms. The summed E-state index contributed by atoms with van der Waals surface area (Å²) in [6.45, 7) is 0. The van der Waals surface area contributed by atoms with Gasteiger partial charge in [-0.15, -0.1) is 0 Å². The van der Waals surface area contributed by atoms with E-state index in [1.807, 2.05) is 0 Å². The molecule has 0 radical (unpaired) electrons. The van der Waals surface area contributed by atoms with E-state index in [2.05, 4.69) is 20.5 Å². The van der Waals surface area contributed by atoms with Gasteiger partial charge in [-0.1, -0.05) is 11.6 Å². The number of nitrogens with zero attached hydrogens (tertiary/aromatic N) is 3. The van der Waals surface area contributed by atoms with Crippen LogP contribution in [0.1, 0.15) is 24.7 Å². The van der Waals surface area contributed by atoms with E-state index in [-0.39, 0.29) is 27.7 Å². The molecule has 3 N–H and O–H groups in total. The summed E-state index contributed by atoms with van der Waals surface area (Å²) in [6, 6.07) is 1.44. The van der Waals surface area contributed by atoms with E-state index in [4.69, 9.17) is 11.6 Å². The highest BCUT2D eigenvalue weighted by Crippen LogP contribution is 2.41. The van der Waals surface area contributed by atoms with E-state index in [0.717, 1.165) is 25.0 Å².